The van der Waals surface area contributed by atoms with Crippen molar-refractivity contribution < 1.29 is 13.9 Å². The third-order valence-corrected chi connectivity index (χ3v) is 5.09. The van der Waals surface area contributed by atoms with Gasteiger partial charge in [-0.1, -0.05) is 37.3 Å². The van der Waals surface area contributed by atoms with Crippen LogP contribution in [0.25, 0.3) is 0 Å². The maximum atomic E-state index is 13.8. The summed E-state index contributed by atoms with van der Waals surface area (Å²) in [6, 6.07) is 18.6. The zero-order valence-corrected chi connectivity index (χ0v) is 17.9. The Kier molecular flexibility index (Phi) is 7.03. The van der Waals surface area contributed by atoms with Gasteiger partial charge in [0.05, 0.1) is 16.4 Å². The molecule has 0 radical (unpaired) electrons. The number of aliphatic imine (C=N–C) groups is 1. The van der Waals surface area contributed by atoms with E-state index >= 15 is 0 Å². The predicted molar refractivity (Wildman–Crippen MR) is 120 cm³/mol. The molecule has 3 aromatic rings. The lowest BCUT2D eigenvalue weighted by molar-refractivity contribution is 0.277. The van der Waals surface area contributed by atoms with Crippen molar-refractivity contribution in [1.82, 2.24) is 0 Å². The Morgan fingerprint density at radius 2 is 1.82 bits per heavy atom. The summed E-state index contributed by atoms with van der Waals surface area (Å²) in [6.45, 7) is 2.26. The Hall–Kier alpha value is -2.41. The number of rotatable bonds is 7. The number of aryl methyl sites for hydroxylation is 1. The summed E-state index contributed by atoms with van der Waals surface area (Å²) in [6.07, 6.45) is 2.81. The molecule has 5 heteroatoms. The Balaban J connectivity index is 1.78. The molecule has 0 saturated heterocycles. The van der Waals surface area contributed by atoms with Gasteiger partial charge in [0.25, 0.3) is 0 Å². The Morgan fingerprint density at radius 3 is 2.50 bits per heavy atom. The molecule has 0 N–H and O–H groups in total. The van der Waals surface area contributed by atoms with Crippen molar-refractivity contribution in [2.45, 2.75) is 20.0 Å². The Labute approximate surface area is 178 Å². The lowest BCUT2D eigenvalue weighted by atomic mass is 10.1. The van der Waals surface area contributed by atoms with Crippen LogP contribution in [0.15, 0.2) is 65.7 Å². The summed E-state index contributed by atoms with van der Waals surface area (Å²) >= 11 is 2.19. The van der Waals surface area contributed by atoms with Gasteiger partial charge in [-0.25, -0.2) is 4.39 Å². The smallest absolute Gasteiger partial charge is 0.174 e. The van der Waals surface area contributed by atoms with E-state index in [0.29, 0.717) is 17.1 Å². The van der Waals surface area contributed by atoms with Gasteiger partial charge in [0.2, 0.25) is 0 Å². The summed E-state index contributed by atoms with van der Waals surface area (Å²) in [5.41, 5.74) is 3.58. The van der Waals surface area contributed by atoms with E-state index in [9.17, 15) is 4.39 Å². The van der Waals surface area contributed by atoms with Gasteiger partial charge in [0.15, 0.2) is 11.5 Å². The summed E-state index contributed by atoms with van der Waals surface area (Å²) in [5.74, 6) is 0.899. The van der Waals surface area contributed by atoms with Crippen LogP contribution in [0, 0.1) is 9.39 Å². The molecule has 3 aromatic carbocycles. The first-order valence-corrected chi connectivity index (χ1v) is 10.0. The first kappa shape index (κ1) is 20.3. The van der Waals surface area contributed by atoms with E-state index in [2.05, 4.69) is 46.6 Å². The van der Waals surface area contributed by atoms with Crippen LogP contribution in [0.1, 0.15) is 23.6 Å². The molecule has 144 valence electrons. The standard InChI is InChI=1S/C23H21FINO2/c1-3-16-8-10-19(11-9-16)26-14-17-12-21(25)23(22(13-17)27-2)28-15-18-6-4-5-7-20(18)24/h4-14H,3,15H2,1-2H3. The van der Waals surface area contributed by atoms with E-state index in [4.69, 9.17) is 9.47 Å². The molecular formula is C23H21FINO2. The van der Waals surface area contributed by atoms with Crippen molar-refractivity contribution in [3.8, 4) is 11.5 Å². The van der Waals surface area contributed by atoms with Gasteiger partial charge in [-0.05, 0) is 70.5 Å². The summed E-state index contributed by atoms with van der Waals surface area (Å²) in [4.78, 5) is 4.53. The van der Waals surface area contributed by atoms with Crippen LogP contribution >= 0.6 is 22.6 Å². The second-order valence-electron chi connectivity index (χ2n) is 6.19. The summed E-state index contributed by atoms with van der Waals surface area (Å²) in [5, 5.41) is 0. The van der Waals surface area contributed by atoms with Gasteiger partial charge >= 0.3 is 0 Å². The van der Waals surface area contributed by atoms with Crippen molar-refractivity contribution >= 4 is 34.5 Å². The van der Waals surface area contributed by atoms with Crippen LogP contribution in [0.3, 0.4) is 0 Å². The minimum absolute atomic E-state index is 0.135. The second kappa shape index (κ2) is 9.68. The Bertz CT molecular complexity index is 971. The molecule has 0 amide bonds. The van der Waals surface area contributed by atoms with Crippen molar-refractivity contribution in [1.29, 1.82) is 0 Å². The van der Waals surface area contributed by atoms with Crippen LogP contribution in [-0.4, -0.2) is 13.3 Å². The molecule has 0 aromatic heterocycles. The second-order valence-corrected chi connectivity index (χ2v) is 7.35. The van der Waals surface area contributed by atoms with Gasteiger partial charge in [-0.15, -0.1) is 0 Å². The van der Waals surface area contributed by atoms with Gasteiger partial charge in [-0.2, -0.15) is 0 Å². The fraction of sp³-hybridized carbons (Fsp3) is 0.174. The largest absolute Gasteiger partial charge is 0.493 e. The zero-order chi connectivity index (χ0) is 19.9. The predicted octanol–water partition coefficient (Wildman–Crippen LogP) is 6.33. The molecule has 0 aliphatic carbocycles. The van der Waals surface area contributed by atoms with E-state index in [0.717, 1.165) is 21.2 Å². The van der Waals surface area contributed by atoms with E-state index < -0.39 is 0 Å². The maximum absolute atomic E-state index is 13.8. The third kappa shape index (κ3) is 5.10. The minimum Gasteiger partial charge on any atom is -0.493 e. The summed E-state index contributed by atoms with van der Waals surface area (Å²) < 4.78 is 26.0. The third-order valence-electron chi connectivity index (χ3n) is 4.29. The average Bonchev–Trinajstić information content (AvgIpc) is 2.72. The fourth-order valence-electron chi connectivity index (χ4n) is 2.69. The molecule has 0 fully saturated rings. The number of hydrogen-bond acceptors (Lipinski definition) is 3. The molecule has 0 bridgehead atoms. The number of hydrogen-bond donors (Lipinski definition) is 0. The average molecular weight is 489 g/mol. The number of benzene rings is 3. The topological polar surface area (TPSA) is 30.8 Å². The van der Waals surface area contributed by atoms with Crippen LogP contribution in [0.5, 0.6) is 11.5 Å². The number of nitrogens with zero attached hydrogens (tertiary/aromatic N) is 1. The van der Waals surface area contributed by atoms with Crippen molar-refractivity contribution in [2.75, 3.05) is 7.11 Å². The van der Waals surface area contributed by atoms with Gasteiger partial charge in [0, 0.05) is 11.8 Å². The minimum atomic E-state index is -0.283. The van der Waals surface area contributed by atoms with Crippen LogP contribution in [-0.2, 0) is 13.0 Å². The van der Waals surface area contributed by atoms with Crippen molar-refractivity contribution in [3.63, 3.8) is 0 Å². The number of ether oxygens (including phenoxy) is 2. The lowest BCUT2D eigenvalue weighted by Crippen LogP contribution is -2.02. The monoisotopic (exact) mass is 489 g/mol. The van der Waals surface area contributed by atoms with Crippen molar-refractivity contribution in [2.24, 2.45) is 4.99 Å². The molecule has 0 heterocycles. The highest BCUT2D eigenvalue weighted by atomic mass is 127. The highest BCUT2D eigenvalue weighted by Crippen LogP contribution is 2.34. The zero-order valence-electron chi connectivity index (χ0n) is 15.8. The SMILES string of the molecule is CCc1ccc(N=Cc2cc(I)c(OCc3ccccc3F)c(OC)c2)cc1. The fourth-order valence-corrected chi connectivity index (χ4v) is 3.47. The molecule has 0 atom stereocenters. The summed E-state index contributed by atoms with van der Waals surface area (Å²) in [7, 11) is 1.59. The van der Waals surface area contributed by atoms with Crippen molar-refractivity contribution in [3.05, 3.63) is 86.7 Å². The van der Waals surface area contributed by atoms with Gasteiger partial charge in [-0.3, -0.25) is 4.99 Å². The van der Waals surface area contributed by atoms with E-state index in [1.165, 1.54) is 11.6 Å². The maximum Gasteiger partial charge on any atom is 0.174 e. The molecule has 28 heavy (non-hydrogen) atoms. The Morgan fingerprint density at radius 1 is 1.07 bits per heavy atom. The quantitative estimate of drug-likeness (QED) is 0.287. The normalized spacial score (nSPS) is 11.0. The molecule has 3 rings (SSSR count). The first-order chi connectivity index (χ1) is 13.6. The van der Waals surface area contributed by atoms with Crippen LogP contribution in [0.2, 0.25) is 0 Å². The highest BCUT2D eigenvalue weighted by molar-refractivity contribution is 14.1. The van der Waals surface area contributed by atoms with Gasteiger partial charge < -0.3 is 9.47 Å². The molecule has 0 aliphatic heterocycles. The number of halogens is 2. The van der Waals surface area contributed by atoms with E-state index in [-0.39, 0.29) is 12.4 Å². The molecule has 0 spiro atoms. The molecular weight excluding hydrogens is 468 g/mol. The van der Waals surface area contributed by atoms with E-state index in [1.807, 2.05) is 24.3 Å². The number of methoxy groups -OCH3 is 1. The van der Waals surface area contributed by atoms with E-state index in [1.54, 1.807) is 31.5 Å². The lowest BCUT2D eigenvalue weighted by Gasteiger charge is -2.14. The van der Waals surface area contributed by atoms with Gasteiger partial charge in [0.1, 0.15) is 12.4 Å². The van der Waals surface area contributed by atoms with Crippen LogP contribution in [0.4, 0.5) is 10.1 Å². The van der Waals surface area contributed by atoms with Crippen LogP contribution < -0.4 is 9.47 Å². The molecule has 3 nitrogen and oxygen atoms in total. The first-order valence-electron chi connectivity index (χ1n) is 8.97. The molecule has 0 aliphatic rings. The molecule has 0 saturated carbocycles. The highest BCUT2D eigenvalue weighted by Gasteiger charge is 2.12. The molecule has 0 unspecified atom stereocenters.